The van der Waals surface area contributed by atoms with E-state index in [4.69, 9.17) is 9.84 Å². The maximum Gasteiger partial charge on any atom is 0.337 e. The molecule has 126 valence electrons. The van der Waals surface area contributed by atoms with Gasteiger partial charge in [0.25, 0.3) is 5.56 Å². The number of fused-ring (bicyclic) bond motifs is 1. The van der Waals surface area contributed by atoms with Crippen molar-refractivity contribution in [2.24, 2.45) is 0 Å². The Morgan fingerprint density at radius 2 is 1.88 bits per heavy atom. The standard InChI is InChI=1S/C19H16N2O4/c1-12-16(9-5-13-3-7-15(25-2)8-4-13)20-17-10-6-14(19(23)24)11-21(17)18(12)22/h3-11H,1-2H3,(H,23,24). The molecule has 0 fully saturated rings. The molecular formula is C19H16N2O4. The van der Waals surface area contributed by atoms with Crippen LogP contribution in [0.4, 0.5) is 0 Å². The highest BCUT2D eigenvalue weighted by Gasteiger charge is 2.09. The molecule has 3 rings (SSSR count). The third kappa shape index (κ3) is 3.28. The van der Waals surface area contributed by atoms with Crippen molar-refractivity contribution in [3.63, 3.8) is 0 Å². The van der Waals surface area contributed by atoms with Gasteiger partial charge >= 0.3 is 5.97 Å². The minimum absolute atomic E-state index is 0.0392. The molecule has 25 heavy (non-hydrogen) atoms. The van der Waals surface area contributed by atoms with E-state index in [0.29, 0.717) is 16.9 Å². The molecule has 0 spiro atoms. The van der Waals surface area contributed by atoms with Gasteiger partial charge in [0.2, 0.25) is 0 Å². The lowest BCUT2D eigenvalue weighted by atomic mass is 10.1. The Morgan fingerprint density at radius 3 is 2.52 bits per heavy atom. The second-order valence-electron chi connectivity index (χ2n) is 5.48. The van der Waals surface area contributed by atoms with Gasteiger partial charge in [0.15, 0.2) is 0 Å². The van der Waals surface area contributed by atoms with Gasteiger partial charge in [0.05, 0.1) is 18.4 Å². The van der Waals surface area contributed by atoms with Gasteiger partial charge in [-0.05, 0) is 42.8 Å². The summed E-state index contributed by atoms with van der Waals surface area (Å²) < 4.78 is 6.37. The lowest BCUT2D eigenvalue weighted by Gasteiger charge is -2.06. The summed E-state index contributed by atoms with van der Waals surface area (Å²) in [6.45, 7) is 1.67. The first-order valence-electron chi connectivity index (χ1n) is 7.58. The molecule has 0 aliphatic heterocycles. The number of pyridine rings is 1. The van der Waals surface area contributed by atoms with Crippen molar-refractivity contribution in [3.05, 3.63) is 75.3 Å². The third-order valence-corrected chi connectivity index (χ3v) is 3.88. The number of aromatic nitrogens is 2. The second kappa shape index (κ2) is 6.60. The van der Waals surface area contributed by atoms with Crippen LogP contribution in [0, 0.1) is 6.92 Å². The van der Waals surface area contributed by atoms with Crippen LogP contribution in [0.25, 0.3) is 17.8 Å². The topological polar surface area (TPSA) is 80.9 Å². The van der Waals surface area contributed by atoms with Gasteiger partial charge in [-0.15, -0.1) is 0 Å². The summed E-state index contributed by atoms with van der Waals surface area (Å²) in [7, 11) is 1.61. The van der Waals surface area contributed by atoms with E-state index in [1.165, 1.54) is 22.7 Å². The summed E-state index contributed by atoms with van der Waals surface area (Å²) in [4.78, 5) is 28.0. The van der Waals surface area contributed by atoms with Gasteiger partial charge in [-0.25, -0.2) is 9.78 Å². The van der Waals surface area contributed by atoms with E-state index >= 15 is 0 Å². The fourth-order valence-electron chi connectivity index (χ4n) is 2.42. The van der Waals surface area contributed by atoms with Gasteiger partial charge in [-0.3, -0.25) is 9.20 Å². The van der Waals surface area contributed by atoms with E-state index in [1.807, 2.05) is 30.3 Å². The fourth-order valence-corrected chi connectivity index (χ4v) is 2.42. The maximum atomic E-state index is 12.5. The van der Waals surface area contributed by atoms with Gasteiger partial charge in [-0.2, -0.15) is 0 Å². The van der Waals surface area contributed by atoms with E-state index in [1.54, 1.807) is 20.1 Å². The number of rotatable bonds is 4. The van der Waals surface area contributed by atoms with Gasteiger partial charge in [-0.1, -0.05) is 18.2 Å². The Balaban J connectivity index is 2.03. The Morgan fingerprint density at radius 1 is 1.16 bits per heavy atom. The van der Waals surface area contributed by atoms with Gasteiger partial charge < -0.3 is 9.84 Å². The molecule has 6 heteroatoms. The van der Waals surface area contributed by atoms with Crippen molar-refractivity contribution in [1.29, 1.82) is 0 Å². The van der Waals surface area contributed by atoms with Crippen LogP contribution in [0.15, 0.2) is 47.4 Å². The van der Waals surface area contributed by atoms with Crippen molar-refractivity contribution in [2.75, 3.05) is 7.11 Å². The number of carboxylic acid groups (broad SMARTS) is 1. The average molecular weight is 336 g/mol. The highest BCUT2D eigenvalue weighted by atomic mass is 16.5. The smallest absolute Gasteiger partial charge is 0.337 e. The van der Waals surface area contributed by atoms with E-state index in [0.717, 1.165) is 11.3 Å². The van der Waals surface area contributed by atoms with Crippen molar-refractivity contribution in [2.45, 2.75) is 6.92 Å². The van der Waals surface area contributed by atoms with Crippen LogP contribution in [-0.4, -0.2) is 27.6 Å². The summed E-state index contributed by atoms with van der Waals surface area (Å²) in [5.74, 6) is -0.320. The number of carboxylic acids is 1. The monoisotopic (exact) mass is 336 g/mol. The molecule has 1 aromatic carbocycles. The normalized spacial score (nSPS) is 11.1. The zero-order chi connectivity index (χ0) is 18.0. The number of carbonyl (C=O) groups is 1. The minimum atomic E-state index is -1.09. The molecular weight excluding hydrogens is 320 g/mol. The lowest BCUT2D eigenvalue weighted by molar-refractivity contribution is 0.0696. The summed E-state index contributed by atoms with van der Waals surface area (Å²) in [6.07, 6.45) is 4.91. The van der Waals surface area contributed by atoms with E-state index in [2.05, 4.69) is 4.98 Å². The van der Waals surface area contributed by atoms with Crippen LogP contribution in [-0.2, 0) is 0 Å². The first kappa shape index (κ1) is 16.4. The zero-order valence-corrected chi connectivity index (χ0v) is 13.8. The fraction of sp³-hybridized carbons (Fsp3) is 0.105. The quantitative estimate of drug-likeness (QED) is 0.792. The van der Waals surface area contributed by atoms with E-state index < -0.39 is 5.97 Å². The van der Waals surface area contributed by atoms with Gasteiger partial charge in [0, 0.05) is 11.8 Å². The predicted molar refractivity (Wildman–Crippen MR) is 95.1 cm³/mol. The number of methoxy groups -OCH3 is 1. The number of ether oxygens (including phenoxy) is 1. The largest absolute Gasteiger partial charge is 0.497 e. The zero-order valence-electron chi connectivity index (χ0n) is 13.8. The Labute approximate surface area is 143 Å². The molecule has 0 radical (unpaired) electrons. The molecule has 0 saturated heterocycles. The summed E-state index contributed by atoms with van der Waals surface area (Å²) >= 11 is 0. The molecule has 6 nitrogen and oxygen atoms in total. The Hall–Kier alpha value is -3.41. The van der Waals surface area contributed by atoms with Crippen LogP contribution < -0.4 is 10.3 Å². The van der Waals surface area contributed by atoms with Crippen LogP contribution in [0.5, 0.6) is 5.75 Å². The van der Waals surface area contributed by atoms with Crippen LogP contribution >= 0.6 is 0 Å². The molecule has 2 heterocycles. The van der Waals surface area contributed by atoms with Crippen molar-refractivity contribution < 1.29 is 14.6 Å². The highest BCUT2D eigenvalue weighted by Crippen LogP contribution is 2.14. The maximum absolute atomic E-state index is 12.5. The minimum Gasteiger partial charge on any atom is -0.497 e. The number of hydrogen-bond donors (Lipinski definition) is 1. The van der Waals surface area contributed by atoms with Crippen molar-refractivity contribution in [1.82, 2.24) is 9.38 Å². The molecule has 0 unspecified atom stereocenters. The number of benzene rings is 1. The molecule has 2 aromatic heterocycles. The Kier molecular flexibility index (Phi) is 4.35. The predicted octanol–water partition coefficient (Wildman–Crippen LogP) is 2.88. The first-order valence-corrected chi connectivity index (χ1v) is 7.58. The number of nitrogens with zero attached hydrogens (tertiary/aromatic N) is 2. The third-order valence-electron chi connectivity index (χ3n) is 3.88. The lowest BCUT2D eigenvalue weighted by Crippen LogP contribution is -2.20. The Bertz CT molecular complexity index is 1030. The van der Waals surface area contributed by atoms with Crippen LogP contribution in [0.1, 0.15) is 27.2 Å². The van der Waals surface area contributed by atoms with Crippen LogP contribution in [0.2, 0.25) is 0 Å². The summed E-state index contributed by atoms with van der Waals surface area (Å²) in [5.41, 5.74) is 2.09. The van der Waals surface area contributed by atoms with Gasteiger partial charge in [0.1, 0.15) is 11.4 Å². The summed E-state index contributed by atoms with van der Waals surface area (Å²) in [6, 6.07) is 10.5. The molecule has 3 aromatic rings. The first-order chi connectivity index (χ1) is 12.0. The van der Waals surface area contributed by atoms with Crippen LogP contribution in [0.3, 0.4) is 0 Å². The molecule has 0 aliphatic carbocycles. The number of aromatic carboxylic acids is 1. The molecule has 0 amide bonds. The molecule has 1 N–H and O–H groups in total. The SMILES string of the molecule is COc1ccc(C=Cc2nc3ccc(C(=O)O)cn3c(=O)c2C)cc1. The second-order valence-corrected chi connectivity index (χ2v) is 5.48. The van der Waals surface area contributed by atoms with E-state index in [-0.39, 0.29) is 11.1 Å². The van der Waals surface area contributed by atoms with E-state index in [9.17, 15) is 9.59 Å². The highest BCUT2D eigenvalue weighted by molar-refractivity contribution is 5.87. The molecule has 0 aliphatic rings. The van der Waals surface area contributed by atoms with Crippen molar-refractivity contribution in [3.8, 4) is 5.75 Å². The molecule has 0 atom stereocenters. The molecule has 0 saturated carbocycles. The summed E-state index contributed by atoms with van der Waals surface area (Å²) in [5, 5.41) is 9.05. The average Bonchev–Trinajstić information content (AvgIpc) is 2.63. The molecule has 0 bridgehead atoms. The number of hydrogen-bond acceptors (Lipinski definition) is 4. The van der Waals surface area contributed by atoms with Crippen molar-refractivity contribution >= 4 is 23.8 Å².